The Hall–Kier alpha value is -0.910. The largest absolute Gasteiger partial charge is 0.326 e. The Bertz CT molecular complexity index is 499. The Kier molecular flexibility index (Phi) is 3.51. The van der Waals surface area contributed by atoms with Gasteiger partial charge in [0.15, 0.2) is 0 Å². The highest BCUT2D eigenvalue weighted by Gasteiger charge is 2.33. The molecule has 0 saturated carbocycles. The van der Waals surface area contributed by atoms with E-state index in [9.17, 15) is 8.42 Å². The third-order valence-electron chi connectivity index (χ3n) is 3.09. The second-order valence-electron chi connectivity index (χ2n) is 4.65. The van der Waals surface area contributed by atoms with E-state index in [4.69, 9.17) is 5.73 Å². The molecule has 0 aromatic heterocycles. The Morgan fingerprint density at radius 2 is 2.00 bits per heavy atom. The van der Waals surface area contributed by atoms with E-state index in [-0.39, 0.29) is 11.7 Å². The lowest BCUT2D eigenvalue weighted by atomic mass is 10.1. The maximum absolute atomic E-state index is 11.9. The first kappa shape index (κ1) is 12.5. The zero-order valence-corrected chi connectivity index (χ0v) is 10.8. The minimum atomic E-state index is -3.07. The lowest BCUT2D eigenvalue weighted by molar-refractivity contribution is 0.408. The molecule has 0 spiro atoms. The average Bonchev–Trinajstić information content (AvgIpc) is 2.52. The molecule has 1 heterocycles. The molecule has 1 aliphatic heterocycles. The molecule has 1 aromatic carbocycles. The van der Waals surface area contributed by atoms with E-state index in [0.29, 0.717) is 19.6 Å². The van der Waals surface area contributed by atoms with Gasteiger partial charge in [0.2, 0.25) is 10.0 Å². The van der Waals surface area contributed by atoms with Gasteiger partial charge in [0.05, 0.1) is 5.75 Å². The number of nitrogens with two attached hydrogens (primary N) is 1. The van der Waals surface area contributed by atoms with Crippen LogP contribution in [-0.4, -0.2) is 25.0 Å². The van der Waals surface area contributed by atoms with Crippen LogP contribution in [0.2, 0.25) is 0 Å². The second-order valence-corrected chi connectivity index (χ2v) is 6.66. The molecule has 1 fully saturated rings. The van der Waals surface area contributed by atoms with Crippen molar-refractivity contribution in [3.8, 4) is 0 Å². The lowest BCUT2D eigenvalue weighted by Crippen LogP contribution is -2.26. The molecule has 4 nitrogen and oxygen atoms in total. The maximum atomic E-state index is 11.9. The standard InChI is InChI=1S/C12H18N2O2S/c1-10-7-14(17(15,16)9-10)8-12-5-3-2-4-11(12)6-13/h2-5,10H,6-9,13H2,1H3. The van der Waals surface area contributed by atoms with Gasteiger partial charge in [0.25, 0.3) is 0 Å². The molecule has 94 valence electrons. The fourth-order valence-electron chi connectivity index (χ4n) is 2.24. The molecular formula is C12H18N2O2S. The van der Waals surface area contributed by atoms with Gasteiger partial charge in [-0.05, 0) is 17.0 Å². The van der Waals surface area contributed by atoms with Crippen molar-refractivity contribution in [2.24, 2.45) is 11.7 Å². The molecule has 1 aliphatic rings. The van der Waals surface area contributed by atoms with E-state index in [2.05, 4.69) is 0 Å². The van der Waals surface area contributed by atoms with Crippen molar-refractivity contribution in [3.63, 3.8) is 0 Å². The number of nitrogens with zero attached hydrogens (tertiary/aromatic N) is 1. The van der Waals surface area contributed by atoms with E-state index >= 15 is 0 Å². The van der Waals surface area contributed by atoms with Gasteiger partial charge in [0, 0.05) is 19.6 Å². The summed E-state index contributed by atoms with van der Waals surface area (Å²) in [7, 11) is -3.07. The summed E-state index contributed by atoms with van der Waals surface area (Å²) in [5.41, 5.74) is 7.67. The summed E-state index contributed by atoms with van der Waals surface area (Å²) >= 11 is 0. The third-order valence-corrected chi connectivity index (χ3v) is 5.14. The van der Waals surface area contributed by atoms with E-state index in [1.165, 1.54) is 0 Å². The normalized spacial score (nSPS) is 24.0. The number of hydrogen-bond donors (Lipinski definition) is 1. The number of rotatable bonds is 3. The van der Waals surface area contributed by atoms with Crippen LogP contribution in [0.15, 0.2) is 24.3 Å². The summed E-state index contributed by atoms with van der Waals surface area (Å²) in [4.78, 5) is 0. The molecule has 2 N–H and O–H groups in total. The van der Waals surface area contributed by atoms with Crippen LogP contribution in [0.25, 0.3) is 0 Å². The molecule has 1 atom stereocenters. The smallest absolute Gasteiger partial charge is 0.214 e. The molecule has 5 heteroatoms. The fourth-order valence-corrected chi connectivity index (χ4v) is 4.10. The van der Waals surface area contributed by atoms with Crippen LogP contribution >= 0.6 is 0 Å². The Morgan fingerprint density at radius 3 is 2.53 bits per heavy atom. The molecule has 0 radical (unpaired) electrons. The van der Waals surface area contributed by atoms with Gasteiger partial charge in [-0.2, -0.15) is 4.31 Å². The van der Waals surface area contributed by atoms with Crippen LogP contribution in [0.5, 0.6) is 0 Å². The molecule has 1 aromatic rings. The first-order valence-corrected chi connectivity index (χ1v) is 7.38. The molecule has 0 bridgehead atoms. The fraction of sp³-hybridized carbons (Fsp3) is 0.500. The zero-order chi connectivity index (χ0) is 12.5. The summed E-state index contributed by atoms with van der Waals surface area (Å²) in [5.74, 6) is 0.475. The highest BCUT2D eigenvalue weighted by Crippen LogP contribution is 2.22. The lowest BCUT2D eigenvalue weighted by Gasteiger charge is -2.16. The van der Waals surface area contributed by atoms with Crippen molar-refractivity contribution < 1.29 is 8.42 Å². The average molecular weight is 254 g/mol. The van der Waals surface area contributed by atoms with Gasteiger partial charge < -0.3 is 5.73 Å². The van der Waals surface area contributed by atoms with Crippen molar-refractivity contribution in [2.45, 2.75) is 20.0 Å². The summed E-state index contributed by atoms with van der Waals surface area (Å²) in [6.07, 6.45) is 0. The zero-order valence-electron chi connectivity index (χ0n) is 9.96. The van der Waals surface area contributed by atoms with Gasteiger partial charge in [-0.15, -0.1) is 0 Å². The summed E-state index contributed by atoms with van der Waals surface area (Å²) < 4.78 is 25.3. The van der Waals surface area contributed by atoms with E-state index in [1.807, 2.05) is 31.2 Å². The Morgan fingerprint density at radius 1 is 1.35 bits per heavy atom. The number of hydrogen-bond acceptors (Lipinski definition) is 3. The third kappa shape index (κ3) is 2.68. The Balaban J connectivity index is 2.21. The van der Waals surface area contributed by atoms with E-state index in [0.717, 1.165) is 11.1 Å². The minimum Gasteiger partial charge on any atom is -0.326 e. The first-order valence-electron chi connectivity index (χ1n) is 5.77. The molecule has 1 unspecified atom stereocenters. The molecule has 0 amide bonds. The predicted octanol–water partition coefficient (Wildman–Crippen LogP) is 0.927. The van der Waals surface area contributed by atoms with Crippen LogP contribution < -0.4 is 5.73 Å². The molecule has 17 heavy (non-hydrogen) atoms. The molecule has 0 aliphatic carbocycles. The molecule has 2 rings (SSSR count). The van der Waals surface area contributed by atoms with Crippen molar-refractivity contribution in [1.29, 1.82) is 0 Å². The topological polar surface area (TPSA) is 63.4 Å². The minimum absolute atomic E-state index is 0.213. The SMILES string of the molecule is CC1CN(Cc2ccccc2CN)S(=O)(=O)C1. The van der Waals surface area contributed by atoms with Crippen LogP contribution in [0.4, 0.5) is 0 Å². The van der Waals surface area contributed by atoms with Crippen LogP contribution in [-0.2, 0) is 23.1 Å². The van der Waals surface area contributed by atoms with Crippen molar-refractivity contribution in [3.05, 3.63) is 35.4 Å². The molecular weight excluding hydrogens is 236 g/mol. The maximum Gasteiger partial charge on any atom is 0.214 e. The van der Waals surface area contributed by atoms with Gasteiger partial charge >= 0.3 is 0 Å². The van der Waals surface area contributed by atoms with Crippen molar-refractivity contribution in [2.75, 3.05) is 12.3 Å². The summed E-state index contributed by atoms with van der Waals surface area (Å²) in [6.45, 7) is 3.47. The number of sulfonamides is 1. The quantitative estimate of drug-likeness (QED) is 0.872. The highest BCUT2D eigenvalue weighted by atomic mass is 32.2. The van der Waals surface area contributed by atoms with Crippen LogP contribution in [0.3, 0.4) is 0 Å². The van der Waals surface area contributed by atoms with Gasteiger partial charge in [-0.3, -0.25) is 0 Å². The highest BCUT2D eigenvalue weighted by molar-refractivity contribution is 7.89. The second kappa shape index (κ2) is 4.76. The van der Waals surface area contributed by atoms with E-state index in [1.54, 1.807) is 4.31 Å². The first-order chi connectivity index (χ1) is 8.03. The molecule has 1 saturated heterocycles. The van der Waals surface area contributed by atoms with Gasteiger partial charge in [-0.25, -0.2) is 8.42 Å². The van der Waals surface area contributed by atoms with Crippen molar-refractivity contribution in [1.82, 2.24) is 4.31 Å². The number of benzene rings is 1. The Labute approximate surface area is 102 Å². The van der Waals surface area contributed by atoms with E-state index < -0.39 is 10.0 Å². The summed E-state index contributed by atoms with van der Waals surface area (Å²) in [5, 5.41) is 0. The van der Waals surface area contributed by atoms with Crippen LogP contribution in [0.1, 0.15) is 18.1 Å². The summed E-state index contributed by atoms with van der Waals surface area (Å²) in [6, 6.07) is 7.73. The van der Waals surface area contributed by atoms with Crippen LogP contribution in [0, 0.1) is 5.92 Å². The predicted molar refractivity (Wildman–Crippen MR) is 67.7 cm³/mol. The van der Waals surface area contributed by atoms with Gasteiger partial charge in [0.1, 0.15) is 0 Å². The monoisotopic (exact) mass is 254 g/mol. The van der Waals surface area contributed by atoms with Crippen molar-refractivity contribution >= 4 is 10.0 Å². The van der Waals surface area contributed by atoms with Gasteiger partial charge in [-0.1, -0.05) is 31.2 Å².